The molecule has 5 nitrogen and oxygen atoms in total. The SMILES string of the molecule is COC1(c2noc(C(CN)C(C)C)n2)CCC(C)CC1. The number of nitrogens with zero attached hydrogens (tertiary/aromatic N) is 2. The minimum atomic E-state index is -0.371. The highest BCUT2D eigenvalue weighted by atomic mass is 16.5. The number of aromatic nitrogens is 2. The normalized spacial score (nSPS) is 28.8. The third-order valence-electron chi connectivity index (χ3n) is 4.70. The Morgan fingerprint density at radius 1 is 1.40 bits per heavy atom. The summed E-state index contributed by atoms with van der Waals surface area (Å²) in [5.74, 6) is 2.59. The van der Waals surface area contributed by atoms with Gasteiger partial charge in [-0.3, -0.25) is 0 Å². The van der Waals surface area contributed by atoms with Gasteiger partial charge in [-0.1, -0.05) is 25.9 Å². The molecular weight excluding hydrogens is 254 g/mol. The quantitative estimate of drug-likeness (QED) is 0.898. The summed E-state index contributed by atoms with van der Waals surface area (Å²) in [5.41, 5.74) is 5.45. The first-order chi connectivity index (χ1) is 9.52. The fourth-order valence-electron chi connectivity index (χ4n) is 2.98. The van der Waals surface area contributed by atoms with Gasteiger partial charge in [0.25, 0.3) is 0 Å². The molecule has 0 amide bonds. The maximum atomic E-state index is 5.82. The molecule has 20 heavy (non-hydrogen) atoms. The van der Waals surface area contributed by atoms with E-state index in [1.54, 1.807) is 7.11 Å². The summed E-state index contributed by atoms with van der Waals surface area (Å²) in [5, 5.41) is 4.19. The van der Waals surface area contributed by atoms with Crippen molar-refractivity contribution in [1.29, 1.82) is 0 Å². The lowest BCUT2D eigenvalue weighted by atomic mass is 9.79. The van der Waals surface area contributed by atoms with Gasteiger partial charge < -0.3 is 15.0 Å². The lowest BCUT2D eigenvalue weighted by molar-refractivity contribution is -0.0609. The Kier molecular flexibility index (Phi) is 4.81. The van der Waals surface area contributed by atoms with E-state index in [2.05, 4.69) is 30.9 Å². The molecule has 5 heteroatoms. The van der Waals surface area contributed by atoms with E-state index >= 15 is 0 Å². The molecule has 1 atom stereocenters. The van der Waals surface area contributed by atoms with Crippen LogP contribution in [0.3, 0.4) is 0 Å². The third-order valence-corrected chi connectivity index (χ3v) is 4.70. The van der Waals surface area contributed by atoms with Crippen molar-refractivity contribution in [2.75, 3.05) is 13.7 Å². The second-order valence-corrected chi connectivity index (χ2v) is 6.42. The molecule has 0 aliphatic heterocycles. The van der Waals surface area contributed by atoms with E-state index in [1.807, 2.05) is 0 Å². The first kappa shape index (κ1) is 15.4. The number of hydrogen-bond acceptors (Lipinski definition) is 5. The van der Waals surface area contributed by atoms with Gasteiger partial charge in [-0.05, 0) is 37.5 Å². The molecule has 1 fully saturated rings. The smallest absolute Gasteiger partial charge is 0.231 e. The molecule has 1 aromatic heterocycles. The van der Waals surface area contributed by atoms with E-state index in [4.69, 9.17) is 15.0 Å². The van der Waals surface area contributed by atoms with E-state index in [0.717, 1.165) is 31.6 Å². The minimum Gasteiger partial charge on any atom is -0.370 e. The van der Waals surface area contributed by atoms with Crippen LogP contribution in [0.1, 0.15) is 64.1 Å². The Labute approximate surface area is 121 Å². The van der Waals surface area contributed by atoms with E-state index in [-0.39, 0.29) is 11.5 Å². The van der Waals surface area contributed by atoms with Gasteiger partial charge in [-0.25, -0.2) is 0 Å². The van der Waals surface area contributed by atoms with Gasteiger partial charge in [0, 0.05) is 13.7 Å². The molecule has 2 N–H and O–H groups in total. The van der Waals surface area contributed by atoms with Crippen LogP contribution < -0.4 is 5.73 Å². The van der Waals surface area contributed by atoms with Crippen molar-refractivity contribution >= 4 is 0 Å². The number of rotatable bonds is 5. The lowest BCUT2D eigenvalue weighted by Crippen LogP contribution is -2.34. The van der Waals surface area contributed by atoms with Crippen LogP contribution in [0.25, 0.3) is 0 Å². The summed E-state index contributed by atoms with van der Waals surface area (Å²) in [6.45, 7) is 7.05. The number of hydrogen-bond donors (Lipinski definition) is 1. The van der Waals surface area contributed by atoms with Crippen LogP contribution in [0.5, 0.6) is 0 Å². The summed E-state index contributed by atoms with van der Waals surface area (Å²) in [4.78, 5) is 4.61. The van der Waals surface area contributed by atoms with Gasteiger partial charge in [0.15, 0.2) is 0 Å². The summed E-state index contributed by atoms with van der Waals surface area (Å²) < 4.78 is 11.2. The molecule has 1 aromatic rings. The Hall–Kier alpha value is -0.940. The van der Waals surface area contributed by atoms with E-state index < -0.39 is 0 Å². The minimum absolute atomic E-state index is 0.118. The highest BCUT2D eigenvalue weighted by molar-refractivity contribution is 5.06. The lowest BCUT2D eigenvalue weighted by Gasteiger charge is -2.35. The number of nitrogens with two attached hydrogens (primary N) is 1. The Balaban J connectivity index is 2.22. The average molecular weight is 281 g/mol. The summed E-state index contributed by atoms with van der Waals surface area (Å²) in [7, 11) is 1.74. The molecule has 0 saturated heterocycles. The molecule has 0 spiro atoms. The van der Waals surface area contributed by atoms with Crippen molar-refractivity contribution in [1.82, 2.24) is 10.1 Å². The fourth-order valence-corrected chi connectivity index (χ4v) is 2.98. The maximum absolute atomic E-state index is 5.82. The van der Waals surface area contributed by atoms with Gasteiger partial charge in [0.2, 0.25) is 11.7 Å². The van der Waals surface area contributed by atoms with Gasteiger partial charge in [0.1, 0.15) is 5.60 Å². The van der Waals surface area contributed by atoms with Crippen molar-refractivity contribution in [3.05, 3.63) is 11.7 Å². The molecule has 0 aromatic carbocycles. The first-order valence-corrected chi connectivity index (χ1v) is 7.61. The van der Waals surface area contributed by atoms with Crippen molar-refractivity contribution in [3.8, 4) is 0 Å². The molecule has 1 aliphatic rings. The van der Waals surface area contributed by atoms with E-state index in [0.29, 0.717) is 24.2 Å². The second kappa shape index (κ2) is 6.22. The van der Waals surface area contributed by atoms with Crippen LogP contribution in [0, 0.1) is 11.8 Å². The van der Waals surface area contributed by atoms with Crippen molar-refractivity contribution in [2.45, 2.75) is 58.0 Å². The van der Waals surface area contributed by atoms with Gasteiger partial charge in [-0.2, -0.15) is 4.98 Å². The molecule has 2 rings (SSSR count). The molecule has 114 valence electrons. The fraction of sp³-hybridized carbons (Fsp3) is 0.867. The second-order valence-electron chi connectivity index (χ2n) is 6.42. The van der Waals surface area contributed by atoms with Crippen LogP contribution >= 0.6 is 0 Å². The van der Waals surface area contributed by atoms with Gasteiger partial charge in [0.05, 0.1) is 5.92 Å². The standard InChI is InChI=1S/C15H27N3O2/c1-10(2)12(9-16)13-17-14(18-20-13)15(19-4)7-5-11(3)6-8-15/h10-12H,5-9,16H2,1-4H3. The van der Waals surface area contributed by atoms with Crippen LogP contribution in [0.15, 0.2) is 4.52 Å². The van der Waals surface area contributed by atoms with Gasteiger partial charge >= 0.3 is 0 Å². The topological polar surface area (TPSA) is 74.2 Å². The summed E-state index contributed by atoms with van der Waals surface area (Å²) in [6, 6.07) is 0. The van der Waals surface area contributed by atoms with Gasteiger partial charge in [-0.15, -0.1) is 0 Å². The molecule has 1 aliphatic carbocycles. The molecule has 1 heterocycles. The first-order valence-electron chi connectivity index (χ1n) is 7.61. The Morgan fingerprint density at radius 2 is 2.05 bits per heavy atom. The Bertz CT molecular complexity index is 423. The summed E-state index contributed by atoms with van der Waals surface area (Å²) >= 11 is 0. The molecule has 0 radical (unpaired) electrons. The van der Waals surface area contributed by atoms with E-state index in [9.17, 15) is 0 Å². The number of ether oxygens (including phenoxy) is 1. The summed E-state index contributed by atoms with van der Waals surface area (Å²) in [6.07, 6.45) is 4.20. The Morgan fingerprint density at radius 3 is 2.55 bits per heavy atom. The van der Waals surface area contributed by atoms with Crippen LogP contribution in [0.4, 0.5) is 0 Å². The zero-order valence-electron chi connectivity index (χ0n) is 13.1. The highest BCUT2D eigenvalue weighted by Gasteiger charge is 2.40. The maximum Gasteiger partial charge on any atom is 0.231 e. The molecular formula is C15H27N3O2. The molecule has 0 bridgehead atoms. The molecule has 1 unspecified atom stereocenters. The van der Waals surface area contributed by atoms with Crippen molar-refractivity contribution < 1.29 is 9.26 Å². The van der Waals surface area contributed by atoms with Crippen LogP contribution in [-0.2, 0) is 10.3 Å². The highest BCUT2D eigenvalue weighted by Crippen LogP contribution is 2.41. The molecule has 1 saturated carbocycles. The van der Waals surface area contributed by atoms with Crippen molar-refractivity contribution in [2.24, 2.45) is 17.6 Å². The monoisotopic (exact) mass is 281 g/mol. The predicted molar refractivity (Wildman–Crippen MR) is 77.3 cm³/mol. The van der Waals surface area contributed by atoms with Crippen molar-refractivity contribution in [3.63, 3.8) is 0 Å². The van der Waals surface area contributed by atoms with E-state index in [1.165, 1.54) is 0 Å². The number of methoxy groups -OCH3 is 1. The average Bonchev–Trinajstić information content (AvgIpc) is 2.90. The zero-order chi connectivity index (χ0) is 14.8. The van der Waals surface area contributed by atoms with Crippen LogP contribution in [0.2, 0.25) is 0 Å². The third kappa shape index (κ3) is 2.88. The predicted octanol–water partition coefficient (Wildman–Crippen LogP) is 2.82. The largest absolute Gasteiger partial charge is 0.370 e. The zero-order valence-corrected chi connectivity index (χ0v) is 13.1. The van der Waals surface area contributed by atoms with Crippen LogP contribution in [-0.4, -0.2) is 23.8 Å².